The van der Waals surface area contributed by atoms with Crippen molar-refractivity contribution in [2.24, 2.45) is 0 Å². The number of carbonyl (C=O) groups is 2. The zero-order valence-electron chi connectivity index (χ0n) is 14.9. The van der Waals surface area contributed by atoms with Gasteiger partial charge in [0.15, 0.2) is 12.5 Å². The van der Waals surface area contributed by atoms with Crippen LogP contribution in [0.2, 0.25) is 0 Å². The fourth-order valence-corrected chi connectivity index (χ4v) is 3.33. The largest absolute Gasteiger partial charge is 0.472 e. The van der Waals surface area contributed by atoms with E-state index in [9.17, 15) is 9.59 Å². The van der Waals surface area contributed by atoms with Crippen molar-refractivity contribution < 1.29 is 94.7 Å². The molecule has 2 radical (unpaired) electrons. The second kappa shape index (κ2) is 11.4. The Labute approximate surface area is 210 Å². The van der Waals surface area contributed by atoms with Gasteiger partial charge in [-0.15, -0.1) is 0 Å². The molecule has 4 rings (SSSR count). The fraction of sp³-hybridized carbons (Fsp3) is 0.647. The van der Waals surface area contributed by atoms with Gasteiger partial charge in [-0.3, -0.25) is 19.4 Å². The second-order valence-electron chi connectivity index (χ2n) is 6.09. The van der Waals surface area contributed by atoms with E-state index in [0.29, 0.717) is 24.4 Å². The van der Waals surface area contributed by atoms with Crippen molar-refractivity contribution >= 4 is 11.8 Å². The minimum absolute atomic E-state index is 0. The van der Waals surface area contributed by atoms with Gasteiger partial charge in [0.05, 0.1) is 38.1 Å². The van der Waals surface area contributed by atoms with Crippen molar-refractivity contribution in [1.82, 2.24) is 9.80 Å². The van der Waals surface area contributed by atoms with Crippen molar-refractivity contribution in [3.8, 4) is 0 Å². The smallest absolute Gasteiger partial charge is 0.231 e. The third kappa shape index (κ3) is 5.20. The Morgan fingerprint density at radius 3 is 1.44 bits per heavy atom. The van der Waals surface area contributed by atoms with Gasteiger partial charge in [0.1, 0.15) is 11.5 Å². The van der Waals surface area contributed by atoms with E-state index in [-0.39, 0.29) is 122 Å². The number of nitrogens with zero attached hydrogens (tertiary/aromatic N) is 2. The van der Waals surface area contributed by atoms with Crippen LogP contribution < -0.4 is 0 Å². The summed E-state index contributed by atoms with van der Waals surface area (Å²) >= 11 is 0. The molecular weight excluding hydrogens is 506 g/mol. The second-order valence-corrected chi connectivity index (χ2v) is 6.09. The van der Waals surface area contributed by atoms with Crippen LogP contribution in [0.4, 0.5) is 0 Å². The molecule has 0 spiro atoms. The van der Waals surface area contributed by atoms with E-state index in [4.69, 9.17) is 19.7 Å². The molecule has 0 aromatic heterocycles. The molecule has 4 aliphatic rings. The van der Waals surface area contributed by atoms with Crippen LogP contribution in [0.3, 0.4) is 0 Å². The number of aliphatic hydroxyl groups excluding tert-OH is 2. The maximum absolute atomic E-state index is 11.0. The van der Waals surface area contributed by atoms with Gasteiger partial charge in [-0.05, 0) is 26.0 Å². The van der Waals surface area contributed by atoms with Gasteiger partial charge in [0.25, 0.3) is 0 Å². The first-order chi connectivity index (χ1) is 11.5. The average Bonchev–Trinajstić information content (AvgIpc) is 2.91. The van der Waals surface area contributed by atoms with E-state index in [0.717, 1.165) is 0 Å². The molecule has 8 nitrogen and oxygen atoms in total. The molecule has 4 aliphatic heterocycles. The summed E-state index contributed by atoms with van der Waals surface area (Å²) < 4.78 is 10.8. The van der Waals surface area contributed by atoms with E-state index < -0.39 is 0 Å². The first-order valence-corrected chi connectivity index (χ1v) is 8.05. The Balaban J connectivity index is 0.000000451. The first-order valence-electron chi connectivity index (χ1n) is 8.05. The van der Waals surface area contributed by atoms with E-state index >= 15 is 0 Å². The number of fused-ring (bicyclic) bond motifs is 2. The summed E-state index contributed by atoms with van der Waals surface area (Å²) in [4.78, 5) is 25.4. The number of hydrogen-bond donors (Lipinski definition) is 2. The van der Waals surface area contributed by atoms with Crippen molar-refractivity contribution in [2.75, 3.05) is 13.2 Å². The number of β-lactam (4-membered cyclic amide) rings is 2. The molecule has 4 heterocycles. The number of ether oxygens (including phenoxy) is 2. The van der Waals surface area contributed by atoms with Gasteiger partial charge in [0.2, 0.25) is 11.8 Å². The number of carbonyl (C=O) groups excluding carboxylic acids is 2. The minimum atomic E-state index is -0.0645. The molecule has 10 heteroatoms. The topological polar surface area (TPSA) is 99.5 Å². The van der Waals surface area contributed by atoms with Gasteiger partial charge >= 0.3 is 0 Å². The SMILES string of the molecule is C.CC1/C(=C/CO)OC2CC(=O)N21.CC1/C(=C/CO)OC2CC(=O)N21.[Y].[Y]. The van der Waals surface area contributed by atoms with Crippen molar-refractivity contribution in [2.45, 2.75) is 58.7 Å². The summed E-state index contributed by atoms with van der Waals surface area (Å²) in [7, 11) is 0. The van der Waals surface area contributed by atoms with Crippen LogP contribution in [0.1, 0.15) is 34.1 Å². The predicted octanol–water partition coefficient (Wildman–Crippen LogP) is 0.311. The summed E-state index contributed by atoms with van der Waals surface area (Å²) in [5.74, 6) is 1.70. The monoisotopic (exact) mass is 532 g/mol. The fourth-order valence-electron chi connectivity index (χ4n) is 3.33. The van der Waals surface area contributed by atoms with Crippen LogP contribution in [0.15, 0.2) is 23.7 Å². The van der Waals surface area contributed by atoms with Crippen LogP contribution in [-0.2, 0) is 84.5 Å². The summed E-state index contributed by atoms with van der Waals surface area (Å²) in [6.07, 6.45) is 4.04. The molecule has 0 aliphatic carbocycles. The maximum Gasteiger partial charge on any atom is 0.231 e. The Hall–Kier alpha value is 0.148. The van der Waals surface area contributed by atoms with Crippen LogP contribution >= 0.6 is 0 Å². The molecule has 0 aromatic rings. The van der Waals surface area contributed by atoms with Gasteiger partial charge in [-0.25, -0.2) is 0 Å². The average molecular weight is 532 g/mol. The Morgan fingerprint density at radius 2 is 1.22 bits per heavy atom. The molecule has 0 bridgehead atoms. The zero-order valence-corrected chi connectivity index (χ0v) is 20.5. The van der Waals surface area contributed by atoms with Gasteiger partial charge in [0, 0.05) is 65.4 Å². The van der Waals surface area contributed by atoms with Crippen LogP contribution in [0.5, 0.6) is 0 Å². The van der Waals surface area contributed by atoms with Gasteiger partial charge in [-0.2, -0.15) is 0 Å². The number of amides is 2. The molecule has 4 unspecified atom stereocenters. The summed E-state index contributed by atoms with van der Waals surface area (Å²) in [6, 6.07) is 0.00630. The Morgan fingerprint density at radius 1 is 0.889 bits per heavy atom. The molecule has 2 N–H and O–H groups in total. The van der Waals surface area contributed by atoms with Crippen LogP contribution in [0.25, 0.3) is 0 Å². The number of hydrogen-bond acceptors (Lipinski definition) is 6. The summed E-state index contributed by atoms with van der Waals surface area (Å²) in [5, 5.41) is 17.3. The molecular formula is C17H26N2O6Y2. The zero-order chi connectivity index (χ0) is 17.4. The molecule has 4 saturated heterocycles. The maximum atomic E-state index is 11.0. The van der Waals surface area contributed by atoms with E-state index in [1.807, 2.05) is 13.8 Å². The molecule has 146 valence electrons. The first kappa shape index (κ1) is 27.1. The molecule has 0 saturated carbocycles. The Kier molecular flexibility index (Phi) is 11.4. The molecule has 4 fully saturated rings. The van der Waals surface area contributed by atoms with Crippen molar-refractivity contribution in [1.29, 1.82) is 0 Å². The van der Waals surface area contributed by atoms with Crippen molar-refractivity contribution in [3.05, 3.63) is 23.7 Å². The van der Waals surface area contributed by atoms with Crippen LogP contribution in [-0.4, -0.2) is 69.6 Å². The van der Waals surface area contributed by atoms with E-state index in [1.54, 1.807) is 22.0 Å². The van der Waals surface area contributed by atoms with Gasteiger partial charge in [-0.1, -0.05) is 7.43 Å². The van der Waals surface area contributed by atoms with Gasteiger partial charge < -0.3 is 19.7 Å². The standard InChI is InChI=1S/2C8H11NO3.CH4.2Y/c2*1-5-6(2-3-10)12-8-4-7(11)9(5)8;;;/h2*2,5,8,10H,3-4H2,1H3;1H4;;/b2*6-2-;;;. The quantitative estimate of drug-likeness (QED) is 0.498. The number of aliphatic hydroxyl groups is 2. The third-order valence-electron chi connectivity index (χ3n) is 4.68. The summed E-state index contributed by atoms with van der Waals surface area (Å²) in [5.41, 5.74) is 0. The Bertz CT molecular complexity index is 560. The summed E-state index contributed by atoms with van der Waals surface area (Å²) in [6.45, 7) is 3.74. The molecule has 2 amide bonds. The normalized spacial score (nSPS) is 32.3. The molecule has 27 heavy (non-hydrogen) atoms. The van der Waals surface area contributed by atoms with E-state index in [2.05, 4.69) is 0 Å². The third-order valence-corrected chi connectivity index (χ3v) is 4.68. The minimum Gasteiger partial charge on any atom is -0.472 e. The number of rotatable bonds is 2. The van der Waals surface area contributed by atoms with E-state index in [1.165, 1.54) is 0 Å². The molecule has 4 atom stereocenters. The van der Waals surface area contributed by atoms with Crippen molar-refractivity contribution in [3.63, 3.8) is 0 Å². The predicted molar refractivity (Wildman–Crippen MR) is 88.7 cm³/mol. The molecule has 0 aromatic carbocycles. The van der Waals surface area contributed by atoms with Crippen LogP contribution in [0, 0.1) is 0 Å².